The molecule has 0 spiro atoms. The first-order valence-corrected chi connectivity index (χ1v) is 10.8. The molecule has 0 amide bonds. The highest BCUT2D eigenvalue weighted by Crippen LogP contribution is 2.27. The van der Waals surface area contributed by atoms with Gasteiger partial charge >= 0.3 is 0 Å². The van der Waals surface area contributed by atoms with Crippen LogP contribution in [0.4, 0.5) is 0 Å². The molecule has 1 heterocycles. The molecule has 1 fully saturated rings. The summed E-state index contributed by atoms with van der Waals surface area (Å²) in [6, 6.07) is 11.8. The average molecular weight is 472 g/mol. The van der Waals surface area contributed by atoms with Crippen LogP contribution in [0.5, 0.6) is 5.75 Å². The molecule has 1 aliphatic heterocycles. The van der Waals surface area contributed by atoms with Crippen molar-refractivity contribution in [2.24, 2.45) is 0 Å². The fraction of sp³-hybridized carbons (Fsp3) is 0.429. The molecule has 1 saturated heterocycles. The Balaban J connectivity index is 1.56. The van der Waals surface area contributed by atoms with Crippen LogP contribution in [0.1, 0.15) is 17.5 Å². The second kappa shape index (κ2) is 10.1. The zero-order valence-electron chi connectivity index (χ0n) is 15.6. The summed E-state index contributed by atoms with van der Waals surface area (Å²) in [7, 11) is 2.19. The largest absolute Gasteiger partial charge is 0.489 e. The quantitative estimate of drug-likeness (QED) is 0.529. The first-order valence-electron chi connectivity index (χ1n) is 9.27. The smallest absolute Gasteiger partial charge is 0.123 e. The number of hydrogen-bond acceptors (Lipinski definition) is 3. The fourth-order valence-electron chi connectivity index (χ4n) is 3.24. The van der Waals surface area contributed by atoms with Gasteiger partial charge < -0.3 is 14.5 Å². The van der Waals surface area contributed by atoms with Crippen LogP contribution in [0.3, 0.4) is 0 Å². The number of hydrogen-bond donors (Lipinski definition) is 0. The van der Waals surface area contributed by atoms with E-state index in [0.29, 0.717) is 16.7 Å². The Morgan fingerprint density at radius 3 is 2.52 bits per heavy atom. The van der Waals surface area contributed by atoms with Crippen molar-refractivity contribution in [1.29, 1.82) is 0 Å². The molecule has 0 saturated carbocycles. The lowest BCUT2D eigenvalue weighted by Gasteiger charge is -2.32. The summed E-state index contributed by atoms with van der Waals surface area (Å²) in [5, 5.41) is 1.12. The predicted molar refractivity (Wildman–Crippen MR) is 117 cm³/mol. The molecular weight excluding hydrogens is 447 g/mol. The molecule has 0 atom stereocenters. The highest BCUT2D eigenvalue weighted by Gasteiger charge is 2.13. The van der Waals surface area contributed by atoms with Gasteiger partial charge in [0.1, 0.15) is 12.4 Å². The lowest BCUT2D eigenvalue weighted by molar-refractivity contribution is 0.153. The first kappa shape index (κ1) is 20.9. The van der Waals surface area contributed by atoms with Crippen LogP contribution in [0.15, 0.2) is 40.9 Å². The Bertz CT molecular complexity index is 764. The van der Waals surface area contributed by atoms with Crippen molar-refractivity contribution in [1.82, 2.24) is 9.80 Å². The highest BCUT2D eigenvalue weighted by molar-refractivity contribution is 9.10. The van der Waals surface area contributed by atoms with E-state index in [1.165, 1.54) is 5.56 Å². The summed E-state index contributed by atoms with van der Waals surface area (Å²) in [5.74, 6) is 0.933. The normalized spacial score (nSPS) is 15.9. The Hall–Kier alpha value is -0.780. The topological polar surface area (TPSA) is 15.7 Å². The molecule has 0 aromatic heterocycles. The van der Waals surface area contributed by atoms with Gasteiger partial charge in [0, 0.05) is 30.7 Å². The van der Waals surface area contributed by atoms with Crippen molar-refractivity contribution < 1.29 is 4.74 Å². The minimum atomic E-state index is 0.476. The van der Waals surface area contributed by atoms with Crippen LogP contribution in [0, 0.1) is 0 Å². The minimum absolute atomic E-state index is 0.476. The van der Waals surface area contributed by atoms with Gasteiger partial charge in [-0.25, -0.2) is 0 Å². The van der Waals surface area contributed by atoms with Crippen molar-refractivity contribution in [2.45, 2.75) is 19.4 Å². The standard InChI is InChI=1S/C21H25BrCl2N2O/c1-25-9-11-26(12-10-25)8-2-3-17-14-18(22)5-7-21(17)27-15-16-4-6-19(23)20(24)13-16/h4-7,13-14H,2-3,8-12,15H2,1H3. The van der Waals surface area contributed by atoms with E-state index in [4.69, 9.17) is 27.9 Å². The van der Waals surface area contributed by atoms with Gasteiger partial charge in [-0.3, -0.25) is 0 Å². The van der Waals surface area contributed by atoms with Crippen LogP contribution in [0.25, 0.3) is 0 Å². The number of piperazine rings is 1. The van der Waals surface area contributed by atoms with Crippen molar-refractivity contribution >= 4 is 39.1 Å². The van der Waals surface area contributed by atoms with Crippen LogP contribution in [0.2, 0.25) is 10.0 Å². The van der Waals surface area contributed by atoms with E-state index in [1.807, 2.05) is 24.3 Å². The molecule has 0 N–H and O–H groups in total. The third-order valence-electron chi connectivity index (χ3n) is 4.92. The first-order chi connectivity index (χ1) is 13.0. The third kappa shape index (κ3) is 6.37. The third-order valence-corrected chi connectivity index (χ3v) is 6.15. The van der Waals surface area contributed by atoms with Gasteiger partial charge in [-0.1, -0.05) is 45.2 Å². The summed E-state index contributed by atoms with van der Waals surface area (Å²) in [5.41, 5.74) is 2.24. The highest BCUT2D eigenvalue weighted by atomic mass is 79.9. The van der Waals surface area contributed by atoms with Gasteiger partial charge in [0.05, 0.1) is 10.0 Å². The molecule has 2 aromatic carbocycles. The van der Waals surface area contributed by atoms with E-state index in [9.17, 15) is 0 Å². The predicted octanol–water partition coefficient (Wildman–Crippen LogP) is 5.51. The number of ether oxygens (including phenoxy) is 1. The van der Waals surface area contributed by atoms with Gasteiger partial charge in [0.25, 0.3) is 0 Å². The number of nitrogens with zero attached hydrogens (tertiary/aromatic N) is 2. The zero-order chi connectivity index (χ0) is 19.2. The molecule has 0 bridgehead atoms. The molecule has 146 valence electrons. The Kier molecular flexibility index (Phi) is 7.86. The van der Waals surface area contributed by atoms with E-state index >= 15 is 0 Å². The number of rotatable bonds is 7. The van der Waals surface area contributed by atoms with Crippen molar-refractivity contribution in [2.75, 3.05) is 39.8 Å². The van der Waals surface area contributed by atoms with Gasteiger partial charge in [0.2, 0.25) is 0 Å². The van der Waals surface area contributed by atoms with Crippen LogP contribution in [-0.4, -0.2) is 49.6 Å². The number of aryl methyl sites for hydroxylation is 1. The van der Waals surface area contributed by atoms with E-state index in [2.05, 4.69) is 38.8 Å². The monoisotopic (exact) mass is 470 g/mol. The second-order valence-electron chi connectivity index (χ2n) is 7.04. The second-order valence-corrected chi connectivity index (χ2v) is 8.77. The van der Waals surface area contributed by atoms with Crippen LogP contribution < -0.4 is 4.74 Å². The molecular formula is C21H25BrCl2N2O. The number of halogens is 3. The van der Waals surface area contributed by atoms with Crippen LogP contribution >= 0.6 is 39.1 Å². The molecule has 3 nitrogen and oxygen atoms in total. The Labute approximate surface area is 180 Å². The Morgan fingerprint density at radius 1 is 1.00 bits per heavy atom. The Morgan fingerprint density at radius 2 is 1.78 bits per heavy atom. The summed E-state index contributed by atoms with van der Waals surface area (Å²) in [4.78, 5) is 4.94. The van der Waals surface area contributed by atoms with Gasteiger partial charge in [-0.15, -0.1) is 0 Å². The molecule has 3 rings (SSSR count). The van der Waals surface area contributed by atoms with Gasteiger partial charge in [-0.2, -0.15) is 0 Å². The summed E-state index contributed by atoms with van der Waals surface area (Å²) < 4.78 is 7.17. The summed E-state index contributed by atoms with van der Waals surface area (Å²) in [6.45, 7) is 6.26. The van der Waals surface area contributed by atoms with Crippen LogP contribution in [-0.2, 0) is 13.0 Å². The van der Waals surface area contributed by atoms with E-state index < -0.39 is 0 Å². The molecule has 0 aliphatic carbocycles. The lowest BCUT2D eigenvalue weighted by Crippen LogP contribution is -2.44. The van der Waals surface area contributed by atoms with Crippen molar-refractivity contribution in [3.8, 4) is 5.75 Å². The molecule has 0 unspecified atom stereocenters. The minimum Gasteiger partial charge on any atom is -0.489 e. The zero-order valence-corrected chi connectivity index (χ0v) is 18.7. The molecule has 2 aromatic rings. The summed E-state index contributed by atoms with van der Waals surface area (Å²) in [6.07, 6.45) is 2.13. The maximum Gasteiger partial charge on any atom is 0.123 e. The maximum absolute atomic E-state index is 6.10. The van der Waals surface area contributed by atoms with E-state index in [-0.39, 0.29) is 0 Å². The van der Waals surface area contributed by atoms with Gasteiger partial charge in [0.15, 0.2) is 0 Å². The SMILES string of the molecule is CN1CCN(CCCc2cc(Br)ccc2OCc2ccc(Cl)c(Cl)c2)CC1. The van der Waals surface area contributed by atoms with E-state index in [0.717, 1.165) is 61.4 Å². The van der Waals surface area contributed by atoms with E-state index in [1.54, 1.807) is 6.07 Å². The molecule has 0 radical (unpaired) electrons. The lowest BCUT2D eigenvalue weighted by atomic mass is 10.1. The number of likely N-dealkylation sites (N-methyl/N-ethyl adjacent to an activating group) is 1. The molecule has 6 heteroatoms. The van der Waals surface area contributed by atoms with Crippen molar-refractivity contribution in [3.63, 3.8) is 0 Å². The van der Waals surface area contributed by atoms with Crippen molar-refractivity contribution in [3.05, 3.63) is 62.0 Å². The average Bonchev–Trinajstić information content (AvgIpc) is 2.65. The molecule has 1 aliphatic rings. The van der Waals surface area contributed by atoms with Gasteiger partial charge in [-0.05, 0) is 67.9 Å². The number of benzene rings is 2. The summed E-state index contributed by atoms with van der Waals surface area (Å²) >= 11 is 15.7. The maximum atomic E-state index is 6.10. The fourth-order valence-corrected chi connectivity index (χ4v) is 3.97. The molecule has 27 heavy (non-hydrogen) atoms.